The molecule has 1 aromatic rings. The Morgan fingerprint density at radius 3 is 2.87 bits per heavy atom. The summed E-state index contributed by atoms with van der Waals surface area (Å²) in [5.74, 6) is 1.47. The molecule has 2 N–H and O–H groups in total. The third-order valence-corrected chi connectivity index (χ3v) is 3.10. The van der Waals surface area contributed by atoms with Crippen LogP contribution in [-0.2, 0) is 6.54 Å². The van der Waals surface area contributed by atoms with Gasteiger partial charge in [0.1, 0.15) is 5.75 Å². The van der Waals surface area contributed by atoms with E-state index in [-0.39, 0.29) is 0 Å². The topological polar surface area (TPSA) is 32.3 Å². The van der Waals surface area contributed by atoms with Crippen molar-refractivity contribution in [1.29, 1.82) is 0 Å². The summed E-state index contributed by atoms with van der Waals surface area (Å²) in [6.45, 7) is 3.02. The summed E-state index contributed by atoms with van der Waals surface area (Å²) >= 11 is 1.86. The third kappa shape index (κ3) is 4.58. The molecule has 2 nitrogen and oxygen atoms in total. The molecule has 0 aliphatic carbocycles. The number of hydrogen-bond acceptors (Lipinski definition) is 3. The molecule has 0 fully saturated rings. The van der Waals surface area contributed by atoms with Gasteiger partial charge >= 0.3 is 0 Å². The summed E-state index contributed by atoms with van der Waals surface area (Å²) in [5, 5.41) is 12.8. The van der Waals surface area contributed by atoms with E-state index in [1.54, 1.807) is 12.1 Å². The Labute approximate surface area is 96.1 Å². The molecule has 0 radical (unpaired) electrons. The molecule has 0 bridgehead atoms. The van der Waals surface area contributed by atoms with Crippen molar-refractivity contribution in [1.82, 2.24) is 5.32 Å². The largest absolute Gasteiger partial charge is 0.508 e. The van der Waals surface area contributed by atoms with Crippen molar-refractivity contribution in [3.8, 4) is 5.75 Å². The first-order chi connectivity index (χ1) is 7.26. The fourth-order valence-corrected chi connectivity index (χ4v) is 2.21. The van der Waals surface area contributed by atoms with Crippen LogP contribution in [-0.4, -0.2) is 23.2 Å². The fourth-order valence-electron chi connectivity index (χ4n) is 1.45. The molecule has 1 unspecified atom stereocenters. The SMILES string of the molecule is CCC(CSC)NCc1cccc(O)c1. The van der Waals surface area contributed by atoms with Gasteiger partial charge in [-0.3, -0.25) is 0 Å². The van der Waals surface area contributed by atoms with Gasteiger partial charge in [-0.05, 0) is 30.4 Å². The molecular formula is C12H19NOS. The number of thioether (sulfide) groups is 1. The number of hydrogen-bond donors (Lipinski definition) is 2. The minimum Gasteiger partial charge on any atom is -0.508 e. The van der Waals surface area contributed by atoms with E-state index in [2.05, 4.69) is 18.5 Å². The standard InChI is InChI=1S/C12H19NOS/c1-3-11(9-15-2)13-8-10-5-4-6-12(14)7-10/h4-7,11,13-14H,3,8-9H2,1-2H3. The van der Waals surface area contributed by atoms with Crippen LogP contribution in [0.4, 0.5) is 0 Å². The lowest BCUT2D eigenvalue weighted by atomic mass is 10.2. The van der Waals surface area contributed by atoms with Crippen LogP contribution in [0.15, 0.2) is 24.3 Å². The van der Waals surface area contributed by atoms with E-state index >= 15 is 0 Å². The normalized spacial score (nSPS) is 12.7. The fraction of sp³-hybridized carbons (Fsp3) is 0.500. The predicted molar refractivity (Wildman–Crippen MR) is 67.4 cm³/mol. The zero-order valence-electron chi connectivity index (χ0n) is 9.36. The van der Waals surface area contributed by atoms with Gasteiger partial charge in [0.2, 0.25) is 0 Å². The Hall–Kier alpha value is -0.670. The van der Waals surface area contributed by atoms with Gasteiger partial charge in [0.05, 0.1) is 0 Å². The minimum atomic E-state index is 0.340. The van der Waals surface area contributed by atoms with Crippen LogP contribution in [0.3, 0.4) is 0 Å². The highest BCUT2D eigenvalue weighted by molar-refractivity contribution is 7.98. The molecule has 0 saturated heterocycles. The van der Waals surface area contributed by atoms with E-state index in [9.17, 15) is 5.11 Å². The van der Waals surface area contributed by atoms with Gasteiger partial charge in [0, 0.05) is 18.3 Å². The predicted octanol–water partition coefficient (Wildman–Crippen LogP) is 2.62. The number of aromatic hydroxyl groups is 1. The van der Waals surface area contributed by atoms with E-state index in [1.807, 2.05) is 23.9 Å². The van der Waals surface area contributed by atoms with E-state index in [4.69, 9.17) is 0 Å². The molecule has 0 saturated carbocycles. The van der Waals surface area contributed by atoms with Crippen LogP contribution in [0.1, 0.15) is 18.9 Å². The van der Waals surface area contributed by atoms with Gasteiger partial charge in [-0.2, -0.15) is 11.8 Å². The van der Waals surface area contributed by atoms with Crippen molar-refractivity contribution in [3.63, 3.8) is 0 Å². The Morgan fingerprint density at radius 1 is 1.47 bits per heavy atom. The molecule has 1 rings (SSSR count). The van der Waals surface area contributed by atoms with Gasteiger partial charge in [0.15, 0.2) is 0 Å². The average Bonchev–Trinajstić information content (AvgIpc) is 2.24. The van der Waals surface area contributed by atoms with Crippen molar-refractivity contribution in [3.05, 3.63) is 29.8 Å². The van der Waals surface area contributed by atoms with Crippen molar-refractivity contribution in [2.45, 2.75) is 25.9 Å². The van der Waals surface area contributed by atoms with Crippen molar-refractivity contribution >= 4 is 11.8 Å². The molecule has 0 aliphatic rings. The smallest absolute Gasteiger partial charge is 0.115 e. The number of phenolic OH excluding ortho intramolecular Hbond substituents is 1. The second-order valence-corrected chi connectivity index (χ2v) is 4.52. The maximum absolute atomic E-state index is 9.31. The van der Waals surface area contributed by atoms with Gasteiger partial charge in [-0.1, -0.05) is 19.1 Å². The Kier molecular flexibility index (Phi) is 5.58. The number of nitrogens with one attached hydrogen (secondary N) is 1. The molecule has 15 heavy (non-hydrogen) atoms. The summed E-state index contributed by atoms with van der Waals surface area (Å²) < 4.78 is 0. The van der Waals surface area contributed by atoms with E-state index < -0.39 is 0 Å². The lowest BCUT2D eigenvalue weighted by molar-refractivity contribution is 0.473. The van der Waals surface area contributed by atoms with Crippen LogP contribution >= 0.6 is 11.8 Å². The molecule has 0 aromatic heterocycles. The van der Waals surface area contributed by atoms with Gasteiger partial charge in [0.25, 0.3) is 0 Å². The van der Waals surface area contributed by atoms with Crippen molar-refractivity contribution in [2.24, 2.45) is 0 Å². The molecule has 0 aliphatic heterocycles. The van der Waals surface area contributed by atoms with Crippen LogP contribution in [0, 0.1) is 0 Å². The number of phenols is 1. The van der Waals surface area contributed by atoms with Gasteiger partial charge in [-0.25, -0.2) is 0 Å². The highest BCUT2D eigenvalue weighted by Gasteiger charge is 2.04. The van der Waals surface area contributed by atoms with E-state index in [0.29, 0.717) is 11.8 Å². The number of benzene rings is 1. The first-order valence-corrected chi connectivity index (χ1v) is 6.66. The molecule has 1 aromatic carbocycles. The van der Waals surface area contributed by atoms with Crippen LogP contribution < -0.4 is 5.32 Å². The highest BCUT2D eigenvalue weighted by atomic mass is 32.2. The lowest BCUT2D eigenvalue weighted by Gasteiger charge is -2.15. The van der Waals surface area contributed by atoms with Crippen LogP contribution in [0.25, 0.3) is 0 Å². The highest BCUT2D eigenvalue weighted by Crippen LogP contribution is 2.11. The average molecular weight is 225 g/mol. The van der Waals surface area contributed by atoms with Gasteiger partial charge in [-0.15, -0.1) is 0 Å². The number of rotatable bonds is 6. The summed E-state index contributed by atoms with van der Waals surface area (Å²) in [6, 6.07) is 7.96. The first kappa shape index (κ1) is 12.4. The monoisotopic (exact) mass is 225 g/mol. The Bertz CT molecular complexity index is 291. The molecule has 0 spiro atoms. The third-order valence-electron chi connectivity index (χ3n) is 2.37. The second kappa shape index (κ2) is 6.75. The molecule has 0 amide bonds. The zero-order chi connectivity index (χ0) is 11.1. The van der Waals surface area contributed by atoms with E-state index in [1.165, 1.54) is 0 Å². The van der Waals surface area contributed by atoms with Crippen LogP contribution in [0.5, 0.6) is 5.75 Å². The maximum Gasteiger partial charge on any atom is 0.115 e. The quantitative estimate of drug-likeness (QED) is 0.780. The van der Waals surface area contributed by atoms with Crippen LogP contribution in [0.2, 0.25) is 0 Å². The summed E-state index contributed by atoms with van der Waals surface area (Å²) in [4.78, 5) is 0. The summed E-state index contributed by atoms with van der Waals surface area (Å²) in [6.07, 6.45) is 3.26. The zero-order valence-corrected chi connectivity index (χ0v) is 10.2. The summed E-state index contributed by atoms with van der Waals surface area (Å²) in [5.41, 5.74) is 1.13. The Morgan fingerprint density at radius 2 is 2.27 bits per heavy atom. The molecule has 0 heterocycles. The van der Waals surface area contributed by atoms with Crippen molar-refractivity contribution in [2.75, 3.05) is 12.0 Å². The molecule has 84 valence electrons. The first-order valence-electron chi connectivity index (χ1n) is 5.26. The minimum absolute atomic E-state index is 0.340. The lowest BCUT2D eigenvalue weighted by Crippen LogP contribution is -2.30. The molecule has 1 atom stereocenters. The molecular weight excluding hydrogens is 206 g/mol. The van der Waals surface area contributed by atoms with E-state index in [0.717, 1.165) is 24.3 Å². The second-order valence-electron chi connectivity index (χ2n) is 3.61. The van der Waals surface area contributed by atoms with Crippen molar-refractivity contribution < 1.29 is 5.11 Å². The maximum atomic E-state index is 9.31. The molecule has 3 heteroatoms. The van der Waals surface area contributed by atoms with Gasteiger partial charge < -0.3 is 10.4 Å². The summed E-state index contributed by atoms with van der Waals surface area (Å²) in [7, 11) is 0. The Balaban J connectivity index is 2.41.